The van der Waals surface area contributed by atoms with Gasteiger partial charge >= 0.3 is 5.97 Å². The number of piperidine rings is 1. The summed E-state index contributed by atoms with van der Waals surface area (Å²) in [4.78, 5) is 12.9. The highest BCUT2D eigenvalue weighted by Gasteiger charge is 2.23. The molecule has 1 aromatic heterocycles. The Morgan fingerprint density at radius 2 is 2.18 bits per heavy atom. The van der Waals surface area contributed by atoms with Gasteiger partial charge in [0, 0.05) is 31.5 Å². The fourth-order valence-electron chi connectivity index (χ4n) is 2.39. The van der Waals surface area contributed by atoms with E-state index in [1.165, 1.54) is 0 Å². The first kappa shape index (κ1) is 12.1. The van der Waals surface area contributed by atoms with Gasteiger partial charge in [0.2, 0.25) is 0 Å². The van der Waals surface area contributed by atoms with Crippen molar-refractivity contribution >= 4 is 5.97 Å². The Kier molecular flexibility index (Phi) is 3.81. The van der Waals surface area contributed by atoms with E-state index in [0.29, 0.717) is 12.6 Å². The molecule has 2 atom stereocenters. The Labute approximate surface area is 101 Å². The first-order valence-corrected chi connectivity index (χ1v) is 6.00. The number of aliphatic carboxylic acids is 1. The maximum absolute atomic E-state index is 10.7. The summed E-state index contributed by atoms with van der Waals surface area (Å²) in [5.41, 5.74) is 5.56. The van der Waals surface area contributed by atoms with Gasteiger partial charge in [-0.15, -0.1) is 0 Å². The molecular formula is C12H19N3O2. The Balaban J connectivity index is 1.91. The number of rotatable bonds is 4. The zero-order chi connectivity index (χ0) is 12.3. The first-order chi connectivity index (χ1) is 8.16. The number of carboxylic acids is 1. The van der Waals surface area contributed by atoms with E-state index < -0.39 is 12.0 Å². The summed E-state index contributed by atoms with van der Waals surface area (Å²) in [6.07, 6.45) is 6.36. The van der Waals surface area contributed by atoms with Gasteiger partial charge in [-0.25, -0.2) is 0 Å². The minimum Gasteiger partial charge on any atom is -0.480 e. The average molecular weight is 237 g/mol. The minimum absolute atomic E-state index is 0.438. The second-order valence-electron chi connectivity index (χ2n) is 4.63. The van der Waals surface area contributed by atoms with E-state index in [9.17, 15) is 4.79 Å². The largest absolute Gasteiger partial charge is 0.480 e. The molecule has 0 saturated carbocycles. The van der Waals surface area contributed by atoms with Crippen molar-refractivity contribution in [3.05, 3.63) is 24.5 Å². The topological polar surface area (TPSA) is 71.5 Å². The second-order valence-corrected chi connectivity index (χ2v) is 4.63. The predicted molar refractivity (Wildman–Crippen MR) is 64.8 cm³/mol. The maximum atomic E-state index is 10.7. The van der Waals surface area contributed by atoms with Gasteiger partial charge in [-0.3, -0.25) is 9.69 Å². The zero-order valence-electron chi connectivity index (χ0n) is 9.83. The molecule has 5 nitrogen and oxygen atoms in total. The van der Waals surface area contributed by atoms with Gasteiger partial charge < -0.3 is 15.4 Å². The summed E-state index contributed by atoms with van der Waals surface area (Å²) in [6.45, 7) is 2.27. The Morgan fingerprint density at radius 1 is 1.47 bits per heavy atom. The van der Waals surface area contributed by atoms with Crippen molar-refractivity contribution in [1.82, 2.24) is 9.47 Å². The van der Waals surface area contributed by atoms with Crippen LogP contribution in [0.1, 0.15) is 18.9 Å². The monoisotopic (exact) mass is 237 g/mol. The summed E-state index contributed by atoms with van der Waals surface area (Å²) in [6, 6.07) is 3.70. The Bertz CT molecular complexity index is 364. The maximum Gasteiger partial charge on any atom is 0.321 e. The van der Waals surface area contributed by atoms with Crippen LogP contribution in [0.5, 0.6) is 0 Å². The molecule has 0 aliphatic carbocycles. The molecule has 1 aliphatic heterocycles. The summed E-state index contributed by atoms with van der Waals surface area (Å²) in [5.74, 6) is -0.923. The molecule has 0 radical (unpaired) electrons. The highest BCUT2D eigenvalue weighted by atomic mass is 16.4. The lowest BCUT2D eigenvalue weighted by Gasteiger charge is -2.34. The number of likely N-dealkylation sites (tertiary alicyclic amines) is 1. The molecule has 1 unspecified atom stereocenters. The third kappa shape index (κ3) is 3.08. The van der Waals surface area contributed by atoms with Crippen molar-refractivity contribution in [2.45, 2.75) is 24.9 Å². The molecule has 1 aromatic rings. The molecule has 17 heavy (non-hydrogen) atoms. The molecule has 5 heteroatoms. The van der Waals surface area contributed by atoms with Crippen LogP contribution in [0.4, 0.5) is 0 Å². The van der Waals surface area contributed by atoms with E-state index in [4.69, 9.17) is 10.8 Å². The van der Waals surface area contributed by atoms with Crippen molar-refractivity contribution in [1.29, 1.82) is 0 Å². The standard InChI is InChI=1S/C12H19N3O2/c13-11(12(16)17)9-14-5-3-4-10(8-14)15-6-1-2-7-15/h1-2,6-7,10-11H,3-5,8-9,13H2,(H,16,17)/t10?,11-/m1/s1. The summed E-state index contributed by atoms with van der Waals surface area (Å²) < 4.78 is 2.19. The lowest BCUT2D eigenvalue weighted by Crippen LogP contribution is -2.46. The van der Waals surface area contributed by atoms with Crippen molar-refractivity contribution in [2.75, 3.05) is 19.6 Å². The molecule has 0 amide bonds. The number of hydrogen-bond donors (Lipinski definition) is 2. The molecule has 2 rings (SSSR count). The van der Waals surface area contributed by atoms with E-state index in [1.54, 1.807) is 0 Å². The molecule has 0 aromatic carbocycles. The Hall–Kier alpha value is -1.33. The highest BCUT2D eigenvalue weighted by molar-refractivity contribution is 5.73. The van der Waals surface area contributed by atoms with Crippen LogP contribution in [0.2, 0.25) is 0 Å². The van der Waals surface area contributed by atoms with Crippen molar-refractivity contribution < 1.29 is 9.90 Å². The number of nitrogens with two attached hydrogens (primary N) is 1. The van der Waals surface area contributed by atoms with Gasteiger partial charge in [-0.2, -0.15) is 0 Å². The molecule has 0 spiro atoms. The van der Waals surface area contributed by atoms with Crippen LogP contribution in [0.3, 0.4) is 0 Å². The van der Waals surface area contributed by atoms with Gasteiger partial charge in [-0.05, 0) is 31.5 Å². The van der Waals surface area contributed by atoms with Crippen LogP contribution in [-0.4, -0.2) is 46.2 Å². The average Bonchev–Trinajstić information content (AvgIpc) is 2.82. The smallest absolute Gasteiger partial charge is 0.321 e. The summed E-state index contributed by atoms with van der Waals surface area (Å²) >= 11 is 0. The highest BCUT2D eigenvalue weighted by Crippen LogP contribution is 2.21. The van der Waals surface area contributed by atoms with Crippen LogP contribution in [0.15, 0.2) is 24.5 Å². The predicted octanol–water partition coefficient (Wildman–Crippen LogP) is 0.537. The van der Waals surface area contributed by atoms with Gasteiger partial charge in [-0.1, -0.05) is 0 Å². The van der Waals surface area contributed by atoms with Gasteiger partial charge in [0.25, 0.3) is 0 Å². The number of hydrogen-bond acceptors (Lipinski definition) is 3. The third-order valence-corrected chi connectivity index (χ3v) is 3.30. The number of nitrogens with zero attached hydrogens (tertiary/aromatic N) is 2. The second kappa shape index (κ2) is 5.33. The van der Waals surface area contributed by atoms with Crippen LogP contribution in [0.25, 0.3) is 0 Å². The van der Waals surface area contributed by atoms with Gasteiger partial charge in [0.1, 0.15) is 6.04 Å². The van der Waals surface area contributed by atoms with Crippen molar-refractivity contribution in [3.8, 4) is 0 Å². The molecule has 94 valence electrons. The molecule has 0 bridgehead atoms. The van der Waals surface area contributed by atoms with E-state index >= 15 is 0 Å². The molecule has 1 aliphatic rings. The number of carbonyl (C=O) groups is 1. The van der Waals surface area contributed by atoms with Crippen LogP contribution in [0, 0.1) is 0 Å². The van der Waals surface area contributed by atoms with E-state index in [0.717, 1.165) is 25.9 Å². The molecule has 3 N–H and O–H groups in total. The summed E-state index contributed by atoms with van der Waals surface area (Å²) in [5, 5.41) is 8.81. The minimum atomic E-state index is -0.923. The number of carboxylic acid groups (broad SMARTS) is 1. The lowest BCUT2D eigenvalue weighted by molar-refractivity contribution is -0.139. The van der Waals surface area contributed by atoms with Crippen molar-refractivity contribution in [3.63, 3.8) is 0 Å². The first-order valence-electron chi connectivity index (χ1n) is 6.00. The van der Waals surface area contributed by atoms with Crippen LogP contribution >= 0.6 is 0 Å². The van der Waals surface area contributed by atoms with Crippen molar-refractivity contribution in [2.24, 2.45) is 5.73 Å². The molecular weight excluding hydrogens is 218 g/mol. The molecule has 2 heterocycles. The quantitative estimate of drug-likeness (QED) is 0.801. The molecule has 1 fully saturated rings. The third-order valence-electron chi connectivity index (χ3n) is 3.30. The van der Waals surface area contributed by atoms with E-state index in [-0.39, 0.29) is 0 Å². The normalized spacial score (nSPS) is 23.5. The Morgan fingerprint density at radius 3 is 2.82 bits per heavy atom. The van der Waals surface area contributed by atoms with Gasteiger partial charge in [0.15, 0.2) is 0 Å². The number of aromatic nitrogens is 1. The zero-order valence-corrected chi connectivity index (χ0v) is 9.83. The fraction of sp³-hybridized carbons (Fsp3) is 0.583. The van der Waals surface area contributed by atoms with Crippen LogP contribution < -0.4 is 5.73 Å². The van der Waals surface area contributed by atoms with E-state index in [2.05, 4.69) is 21.9 Å². The van der Waals surface area contributed by atoms with E-state index in [1.807, 2.05) is 12.1 Å². The molecule has 1 saturated heterocycles. The SMILES string of the molecule is N[C@H](CN1CCCC(n2cccc2)C1)C(=O)O. The summed E-state index contributed by atoms with van der Waals surface area (Å²) in [7, 11) is 0. The van der Waals surface area contributed by atoms with Crippen LogP contribution in [-0.2, 0) is 4.79 Å². The lowest BCUT2D eigenvalue weighted by atomic mass is 10.0. The van der Waals surface area contributed by atoms with Gasteiger partial charge in [0.05, 0.1) is 0 Å². The fourth-order valence-corrected chi connectivity index (χ4v) is 2.39.